The number of nitrogens with zero attached hydrogens (tertiary/aromatic N) is 3. The first-order valence-corrected chi connectivity index (χ1v) is 9.21. The van der Waals surface area contributed by atoms with Crippen molar-refractivity contribution in [1.29, 1.82) is 0 Å². The van der Waals surface area contributed by atoms with E-state index in [-0.39, 0.29) is 5.91 Å². The van der Waals surface area contributed by atoms with Gasteiger partial charge in [-0.3, -0.25) is 9.69 Å². The van der Waals surface area contributed by atoms with Gasteiger partial charge in [-0.05, 0) is 30.5 Å². The number of amides is 1. The van der Waals surface area contributed by atoms with Gasteiger partial charge in [0.25, 0.3) is 0 Å². The van der Waals surface area contributed by atoms with Crippen LogP contribution >= 0.6 is 11.8 Å². The van der Waals surface area contributed by atoms with Gasteiger partial charge in [-0.15, -0.1) is 0 Å². The van der Waals surface area contributed by atoms with Crippen LogP contribution < -0.4 is 5.32 Å². The summed E-state index contributed by atoms with van der Waals surface area (Å²) in [5.41, 5.74) is 1.35. The molecule has 1 aliphatic heterocycles. The molecule has 0 spiro atoms. The number of carbonyl (C=O) groups excluding carboxylic acids is 1. The summed E-state index contributed by atoms with van der Waals surface area (Å²) in [6.07, 6.45) is 4.52. The maximum absolute atomic E-state index is 11.9. The van der Waals surface area contributed by atoms with Crippen molar-refractivity contribution in [1.82, 2.24) is 20.2 Å². The van der Waals surface area contributed by atoms with E-state index < -0.39 is 0 Å². The van der Waals surface area contributed by atoms with E-state index in [2.05, 4.69) is 44.5 Å². The average Bonchev–Trinajstić information content (AvgIpc) is 3.07. The number of thioether (sulfide) groups is 1. The fourth-order valence-electron chi connectivity index (χ4n) is 2.86. The first kappa shape index (κ1) is 16.9. The smallest absolute Gasteiger partial charge is 0.230 e. The van der Waals surface area contributed by atoms with Gasteiger partial charge >= 0.3 is 0 Å². The third-order valence-electron chi connectivity index (χ3n) is 4.08. The molecule has 1 fully saturated rings. The van der Waals surface area contributed by atoms with Crippen LogP contribution in [0.1, 0.15) is 12.0 Å². The molecule has 0 radical (unpaired) electrons. The Hall–Kier alpha value is -1.92. The van der Waals surface area contributed by atoms with Crippen LogP contribution in [0.3, 0.4) is 0 Å². The molecule has 0 unspecified atom stereocenters. The minimum absolute atomic E-state index is 0.0500. The monoisotopic (exact) mass is 342 g/mol. The Labute approximate surface area is 146 Å². The zero-order valence-electron chi connectivity index (χ0n) is 13.6. The van der Waals surface area contributed by atoms with Crippen molar-refractivity contribution >= 4 is 17.7 Å². The van der Waals surface area contributed by atoms with E-state index in [1.165, 1.54) is 17.3 Å². The van der Waals surface area contributed by atoms with E-state index in [1.807, 2.05) is 6.07 Å². The van der Waals surface area contributed by atoms with Gasteiger partial charge in [0.15, 0.2) is 5.16 Å². The molecule has 126 valence electrons. The number of hydrogen-bond donors (Lipinski definition) is 1. The lowest BCUT2D eigenvalue weighted by Crippen LogP contribution is -2.32. The Morgan fingerprint density at radius 2 is 2.00 bits per heavy atom. The SMILES string of the molecule is O=C(CSc1ncccn1)NC[C@@H]1CCN(Cc2ccccc2)C1. The van der Waals surface area contributed by atoms with Gasteiger partial charge in [-0.2, -0.15) is 0 Å². The number of benzene rings is 1. The highest BCUT2D eigenvalue weighted by molar-refractivity contribution is 7.99. The molecule has 1 saturated heterocycles. The largest absolute Gasteiger partial charge is 0.355 e. The second-order valence-electron chi connectivity index (χ2n) is 6.00. The van der Waals surface area contributed by atoms with Crippen molar-refractivity contribution in [3.8, 4) is 0 Å². The topological polar surface area (TPSA) is 58.1 Å². The summed E-state index contributed by atoms with van der Waals surface area (Å²) in [7, 11) is 0. The standard InChI is InChI=1S/C18H22N4OS/c23-17(14-24-18-19-8-4-9-20-18)21-11-16-7-10-22(13-16)12-15-5-2-1-3-6-15/h1-6,8-9,16H,7,10-14H2,(H,21,23)/t16-/m0/s1. The molecule has 6 heteroatoms. The molecule has 1 aromatic carbocycles. The third kappa shape index (κ3) is 5.32. The van der Waals surface area contributed by atoms with Crippen molar-refractivity contribution in [3.63, 3.8) is 0 Å². The molecule has 1 amide bonds. The summed E-state index contributed by atoms with van der Waals surface area (Å²) in [6.45, 7) is 3.89. The minimum atomic E-state index is 0.0500. The van der Waals surface area contributed by atoms with Crippen LogP contribution in [0.2, 0.25) is 0 Å². The highest BCUT2D eigenvalue weighted by Gasteiger charge is 2.22. The second-order valence-corrected chi connectivity index (χ2v) is 6.94. The summed E-state index contributed by atoms with van der Waals surface area (Å²) >= 11 is 1.37. The Balaban J connectivity index is 1.34. The van der Waals surface area contributed by atoms with Gasteiger partial charge in [0, 0.05) is 32.0 Å². The highest BCUT2D eigenvalue weighted by Crippen LogP contribution is 2.18. The first-order valence-electron chi connectivity index (χ1n) is 8.22. The Bertz CT molecular complexity index is 638. The highest BCUT2D eigenvalue weighted by atomic mass is 32.2. The van der Waals surface area contributed by atoms with Crippen molar-refractivity contribution in [3.05, 3.63) is 54.4 Å². The number of likely N-dealkylation sites (tertiary alicyclic amines) is 1. The van der Waals surface area contributed by atoms with Crippen LogP contribution in [-0.2, 0) is 11.3 Å². The molecule has 0 bridgehead atoms. The zero-order chi connectivity index (χ0) is 16.6. The predicted molar refractivity (Wildman–Crippen MR) is 95.6 cm³/mol. The van der Waals surface area contributed by atoms with E-state index in [0.717, 1.165) is 32.6 Å². The van der Waals surface area contributed by atoms with Gasteiger partial charge in [-0.25, -0.2) is 9.97 Å². The molecule has 0 saturated carbocycles. The van der Waals surface area contributed by atoms with Gasteiger partial charge < -0.3 is 5.32 Å². The maximum Gasteiger partial charge on any atom is 0.230 e. The fourth-order valence-corrected chi connectivity index (χ4v) is 3.50. The molecule has 1 aromatic heterocycles. The van der Waals surface area contributed by atoms with Gasteiger partial charge in [0.1, 0.15) is 0 Å². The van der Waals surface area contributed by atoms with Gasteiger partial charge in [0.2, 0.25) is 5.91 Å². The van der Waals surface area contributed by atoms with Crippen LogP contribution in [0, 0.1) is 5.92 Å². The van der Waals surface area contributed by atoms with Gasteiger partial charge in [0.05, 0.1) is 5.75 Å². The predicted octanol–water partition coefficient (Wildman–Crippen LogP) is 2.21. The molecule has 5 nitrogen and oxygen atoms in total. The molecule has 1 aliphatic rings. The molecular weight excluding hydrogens is 320 g/mol. The second kappa shape index (κ2) is 8.80. The van der Waals surface area contributed by atoms with E-state index in [1.54, 1.807) is 18.5 Å². The van der Waals surface area contributed by atoms with Crippen molar-refractivity contribution in [2.75, 3.05) is 25.4 Å². The zero-order valence-corrected chi connectivity index (χ0v) is 14.4. The molecule has 24 heavy (non-hydrogen) atoms. The van der Waals surface area contributed by atoms with Crippen LogP contribution in [0.15, 0.2) is 53.9 Å². The maximum atomic E-state index is 11.9. The molecule has 1 atom stereocenters. The van der Waals surface area contributed by atoms with E-state index in [9.17, 15) is 4.79 Å². The van der Waals surface area contributed by atoms with E-state index >= 15 is 0 Å². The lowest BCUT2D eigenvalue weighted by molar-refractivity contribution is -0.118. The van der Waals surface area contributed by atoms with Crippen LogP contribution in [-0.4, -0.2) is 46.2 Å². The van der Waals surface area contributed by atoms with E-state index in [4.69, 9.17) is 0 Å². The molecule has 3 rings (SSSR count). The van der Waals surface area contributed by atoms with Crippen LogP contribution in [0.4, 0.5) is 0 Å². The Kier molecular flexibility index (Phi) is 6.20. The molecule has 2 aromatic rings. The quantitative estimate of drug-likeness (QED) is 0.617. The lowest BCUT2D eigenvalue weighted by Gasteiger charge is -2.16. The summed E-state index contributed by atoms with van der Waals surface area (Å²) in [5.74, 6) is 0.953. The Morgan fingerprint density at radius 3 is 2.79 bits per heavy atom. The molecule has 0 aliphatic carbocycles. The van der Waals surface area contributed by atoms with Crippen molar-refractivity contribution < 1.29 is 4.79 Å². The molecule has 1 N–H and O–H groups in total. The summed E-state index contributed by atoms with van der Waals surface area (Å²) < 4.78 is 0. The number of carbonyl (C=O) groups is 1. The number of rotatable bonds is 7. The van der Waals surface area contributed by atoms with Gasteiger partial charge in [-0.1, -0.05) is 42.1 Å². The lowest BCUT2D eigenvalue weighted by atomic mass is 10.1. The first-order chi connectivity index (χ1) is 11.8. The van der Waals surface area contributed by atoms with Crippen molar-refractivity contribution in [2.45, 2.75) is 18.1 Å². The Morgan fingerprint density at radius 1 is 1.21 bits per heavy atom. The average molecular weight is 342 g/mol. The summed E-state index contributed by atoms with van der Waals surface area (Å²) in [6, 6.07) is 12.3. The molecule has 2 heterocycles. The van der Waals surface area contributed by atoms with E-state index in [0.29, 0.717) is 16.8 Å². The number of aromatic nitrogens is 2. The van der Waals surface area contributed by atoms with Crippen LogP contribution in [0.25, 0.3) is 0 Å². The number of nitrogens with one attached hydrogen (secondary N) is 1. The summed E-state index contributed by atoms with van der Waals surface area (Å²) in [4.78, 5) is 22.6. The number of hydrogen-bond acceptors (Lipinski definition) is 5. The normalized spacial score (nSPS) is 17.8. The third-order valence-corrected chi connectivity index (χ3v) is 4.96. The summed E-state index contributed by atoms with van der Waals surface area (Å²) in [5, 5.41) is 3.68. The minimum Gasteiger partial charge on any atom is -0.355 e. The fraction of sp³-hybridized carbons (Fsp3) is 0.389. The van der Waals surface area contributed by atoms with Crippen molar-refractivity contribution in [2.24, 2.45) is 5.92 Å². The van der Waals surface area contributed by atoms with Crippen LogP contribution in [0.5, 0.6) is 0 Å². The molecular formula is C18H22N4OS.